The molecule has 1 fully saturated rings. The van der Waals surface area contributed by atoms with E-state index in [4.69, 9.17) is 4.74 Å². The number of ether oxygens (including phenoxy) is 1. The lowest BCUT2D eigenvalue weighted by Gasteiger charge is -2.41. The first-order valence-electron chi connectivity index (χ1n) is 5.77. The summed E-state index contributed by atoms with van der Waals surface area (Å²) in [5, 5.41) is 2.85. The molecule has 1 N–H and O–H groups in total. The monoisotopic (exact) mass is 231 g/mol. The van der Waals surface area contributed by atoms with Crippen molar-refractivity contribution in [3.8, 4) is 0 Å². The lowest BCUT2D eigenvalue weighted by atomic mass is 9.74. The Hall–Kier alpha value is -1.77. The number of hydrogen-bond donors (Lipinski definition) is 1. The third-order valence-corrected chi connectivity index (χ3v) is 3.30. The van der Waals surface area contributed by atoms with Gasteiger partial charge in [0.15, 0.2) is 0 Å². The second-order valence-electron chi connectivity index (χ2n) is 4.62. The molecule has 0 saturated heterocycles. The molecule has 1 aromatic carbocycles. The third-order valence-electron chi connectivity index (χ3n) is 3.30. The minimum atomic E-state index is -0.378. The maximum Gasteiger partial charge on any atom is 0.408 e. The molecule has 2 rings (SSSR count). The van der Waals surface area contributed by atoms with E-state index >= 15 is 0 Å². The number of amides is 1. The fourth-order valence-electron chi connectivity index (χ4n) is 1.81. The van der Waals surface area contributed by atoms with Gasteiger partial charge in [0.05, 0.1) is 5.54 Å². The standard InChI is InChI=1S/C14H17NO2/c1-11-8-9-14(11,2)15-13(16)17-10-12-6-4-3-5-7-12/h3-7H,1,8-10H2,2H3,(H,15,16). The first kappa shape index (κ1) is 11.7. The van der Waals surface area contributed by atoms with E-state index in [-0.39, 0.29) is 11.6 Å². The molecule has 17 heavy (non-hydrogen) atoms. The number of benzene rings is 1. The number of alkyl carbamates (subject to hydrolysis) is 1. The summed E-state index contributed by atoms with van der Waals surface area (Å²) in [6, 6.07) is 9.63. The quantitative estimate of drug-likeness (QED) is 0.812. The molecule has 1 unspecified atom stereocenters. The van der Waals surface area contributed by atoms with Gasteiger partial charge in [-0.2, -0.15) is 0 Å². The van der Waals surface area contributed by atoms with Crippen LogP contribution in [0.15, 0.2) is 42.5 Å². The fourth-order valence-corrected chi connectivity index (χ4v) is 1.81. The normalized spacial score (nSPS) is 22.8. The van der Waals surface area contributed by atoms with Crippen LogP contribution in [0.2, 0.25) is 0 Å². The fraction of sp³-hybridized carbons (Fsp3) is 0.357. The number of nitrogens with one attached hydrogen (secondary N) is 1. The largest absolute Gasteiger partial charge is 0.445 e. The van der Waals surface area contributed by atoms with Gasteiger partial charge in [0.2, 0.25) is 0 Å². The van der Waals surface area contributed by atoms with E-state index in [1.54, 1.807) is 0 Å². The molecule has 0 bridgehead atoms. The van der Waals surface area contributed by atoms with Crippen LogP contribution in [0.4, 0.5) is 4.79 Å². The highest BCUT2D eigenvalue weighted by Gasteiger charge is 2.37. The Balaban J connectivity index is 1.80. The minimum absolute atomic E-state index is 0.270. The first-order valence-corrected chi connectivity index (χ1v) is 5.77. The molecule has 90 valence electrons. The summed E-state index contributed by atoms with van der Waals surface area (Å²) >= 11 is 0. The molecule has 1 aliphatic rings. The van der Waals surface area contributed by atoms with E-state index in [1.807, 2.05) is 37.3 Å². The average molecular weight is 231 g/mol. The van der Waals surface area contributed by atoms with Crippen LogP contribution in [0.5, 0.6) is 0 Å². The van der Waals surface area contributed by atoms with Crippen LogP contribution in [-0.4, -0.2) is 11.6 Å². The van der Waals surface area contributed by atoms with Crippen molar-refractivity contribution in [2.45, 2.75) is 31.9 Å². The molecule has 1 aliphatic carbocycles. The van der Waals surface area contributed by atoms with Gasteiger partial charge in [0.25, 0.3) is 0 Å². The van der Waals surface area contributed by atoms with Crippen LogP contribution in [0.25, 0.3) is 0 Å². The minimum Gasteiger partial charge on any atom is -0.445 e. The van der Waals surface area contributed by atoms with Crippen LogP contribution in [0.3, 0.4) is 0 Å². The second kappa shape index (κ2) is 4.62. The van der Waals surface area contributed by atoms with Crippen molar-refractivity contribution in [2.75, 3.05) is 0 Å². The molecule has 1 saturated carbocycles. The molecule has 0 heterocycles. The molecule has 0 spiro atoms. The van der Waals surface area contributed by atoms with Gasteiger partial charge in [-0.05, 0) is 25.3 Å². The van der Waals surface area contributed by atoms with Gasteiger partial charge in [-0.15, -0.1) is 0 Å². The molecule has 1 amide bonds. The highest BCUT2D eigenvalue weighted by molar-refractivity contribution is 5.69. The van der Waals surface area contributed by atoms with E-state index in [9.17, 15) is 4.79 Å². The zero-order chi connectivity index (χ0) is 12.3. The van der Waals surface area contributed by atoms with E-state index in [2.05, 4.69) is 11.9 Å². The number of carbonyl (C=O) groups excluding carboxylic acids is 1. The SMILES string of the molecule is C=C1CCC1(C)NC(=O)OCc1ccccc1. The lowest BCUT2D eigenvalue weighted by molar-refractivity contribution is 0.125. The van der Waals surface area contributed by atoms with Crippen molar-refractivity contribution in [2.24, 2.45) is 0 Å². The van der Waals surface area contributed by atoms with E-state index in [0.29, 0.717) is 6.61 Å². The molecule has 3 heteroatoms. The van der Waals surface area contributed by atoms with Gasteiger partial charge in [0, 0.05) is 0 Å². The summed E-state index contributed by atoms with van der Waals surface area (Å²) in [7, 11) is 0. The van der Waals surface area contributed by atoms with Gasteiger partial charge < -0.3 is 10.1 Å². The van der Waals surface area contributed by atoms with E-state index < -0.39 is 0 Å². The summed E-state index contributed by atoms with van der Waals surface area (Å²) in [4.78, 5) is 11.6. The Morgan fingerprint density at radius 3 is 2.71 bits per heavy atom. The van der Waals surface area contributed by atoms with E-state index in [1.165, 1.54) is 0 Å². The van der Waals surface area contributed by atoms with Crippen molar-refractivity contribution in [1.29, 1.82) is 0 Å². The second-order valence-corrected chi connectivity index (χ2v) is 4.62. The smallest absolute Gasteiger partial charge is 0.408 e. The maximum atomic E-state index is 11.6. The van der Waals surface area contributed by atoms with Crippen LogP contribution in [0.1, 0.15) is 25.3 Å². The van der Waals surface area contributed by atoms with Crippen LogP contribution in [-0.2, 0) is 11.3 Å². The Morgan fingerprint density at radius 1 is 1.47 bits per heavy atom. The Bertz CT molecular complexity index is 427. The Labute approximate surface area is 101 Å². The van der Waals surface area contributed by atoms with Crippen molar-refractivity contribution >= 4 is 6.09 Å². The van der Waals surface area contributed by atoms with Crippen LogP contribution >= 0.6 is 0 Å². The van der Waals surface area contributed by atoms with Gasteiger partial charge >= 0.3 is 6.09 Å². The molecule has 0 aromatic heterocycles. The third kappa shape index (κ3) is 2.67. The number of rotatable bonds is 3. The molecule has 0 aliphatic heterocycles. The zero-order valence-electron chi connectivity index (χ0n) is 10.0. The molecule has 3 nitrogen and oxygen atoms in total. The Morgan fingerprint density at radius 2 is 2.18 bits per heavy atom. The number of carbonyl (C=O) groups is 1. The summed E-state index contributed by atoms with van der Waals surface area (Å²) in [6.07, 6.45) is 1.54. The summed E-state index contributed by atoms with van der Waals surface area (Å²) in [5.74, 6) is 0. The van der Waals surface area contributed by atoms with Gasteiger partial charge in [-0.3, -0.25) is 0 Å². The van der Waals surface area contributed by atoms with Crippen molar-refractivity contribution in [3.05, 3.63) is 48.0 Å². The van der Waals surface area contributed by atoms with E-state index in [0.717, 1.165) is 24.0 Å². The molecule has 1 aromatic rings. The average Bonchev–Trinajstić information content (AvgIpc) is 2.36. The van der Waals surface area contributed by atoms with Crippen molar-refractivity contribution < 1.29 is 9.53 Å². The summed E-state index contributed by atoms with van der Waals surface area (Å²) in [6.45, 7) is 6.19. The summed E-state index contributed by atoms with van der Waals surface area (Å²) in [5.41, 5.74) is 1.78. The van der Waals surface area contributed by atoms with Crippen molar-refractivity contribution in [1.82, 2.24) is 5.32 Å². The topological polar surface area (TPSA) is 38.3 Å². The molecular formula is C14H17NO2. The highest BCUT2D eigenvalue weighted by atomic mass is 16.5. The summed E-state index contributed by atoms with van der Waals surface area (Å²) < 4.78 is 5.16. The number of hydrogen-bond acceptors (Lipinski definition) is 2. The highest BCUT2D eigenvalue weighted by Crippen LogP contribution is 2.35. The Kier molecular flexibility index (Phi) is 3.18. The van der Waals surface area contributed by atoms with Crippen LogP contribution < -0.4 is 5.32 Å². The lowest BCUT2D eigenvalue weighted by Crippen LogP contribution is -2.52. The van der Waals surface area contributed by atoms with Crippen molar-refractivity contribution in [3.63, 3.8) is 0 Å². The predicted octanol–water partition coefficient (Wildman–Crippen LogP) is 3.02. The van der Waals surface area contributed by atoms with Gasteiger partial charge in [-0.25, -0.2) is 4.79 Å². The van der Waals surface area contributed by atoms with Gasteiger partial charge in [0.1, 0.15) is 6.61 Å². The van der Waals surface area contributed by atoms with Gasteiger partial charge in [-0.1, -0.05) is 42.5 Å². The molecule has 1 atom stereocenters. The van der Waals surface area contributed by atoms with Crippen LogP contribution in [0, 0.1) is 0 Å². The maximum absolute atomic E-state index is 11.6. The molecule has 0 radical (unpaired) electrons. The first-order chi connectivity index (χ1) is 8.10. The molecular weight excluding hydrogens is 214 g/mol. The zero-order valence-corrected chi connectivity index (χ0v) is 10.0. The predicted molar refractivity (Wildman–Crippen MR) is 66.5 cm³/mol.